The van der Waals surface area contributed by atoms with Crippen molar-refractivity contribution in [3.8, 4) is 5.75 Å². The van der Waals surface area contributed by atoms with Gasteiger partial charge in [0.05, 0.1) is 7.11 Å². The maximum absolute atomic E-state index is 5.06. The summed E-state index contributed by atoms with van der Waals surface area (Å²) in [5.41, 5.74) is 2.14. The Morgan fingerprint density at radius 3 is 2.07 bits per heavy atom. The zero-order valence-corrected chi connectivity index (χ0v) is 14.3. The van der Waals surface area contributed by atoms with Gasteiger partial charge in [0.2, 0.25) is 0 Å². The summed E-state index contributed by atoms with van der Waals surface area (Å²) >= 11 is 0. The van der Waals surface area contributed by atoms with Crippen LogP contribution in [-0.4, -0.2) is 7.11 Å². The van der Waals surface area contributed by atoms with Crippen LogP contribution >= 0.6 is 0 Å². The van der Waals surface area contributed by atoms with Crippen molar-refractivity contribution in [2.45, 2.75) is 28.2 Å². The Morgan fingerprint density at radius 2 is 1.71 bits per heavy atom. The molecule has 0 aromatic heterocycles. The second kappa shape index (κ2) is 11.8. The van der Waals surface area contributed by atoms with Crippen molar-refractivity contribution in [1.29, 1.82) is 0 Å². The topological polar surface area (TPSA) is 9.23 Å². The molecule has 0 bridgehead atoms. The van der Waals surface area contributed by atoms with E-state index in [1.54, 1.807) is 7.11 Å². The second-order valence-electron chi connectivity index (χ2n) is 2.32. The standard InChI is InChI=1S/C9H11O.C2H6.CH4.Rb/c1-7-4-5-8(2)9(6-7)10-3;1-2;;/h4-6H,2H2,1,3H3;1-2H3;1H4;/q-1;;;+1. The van der Waals surface area contributed by atoms with Crippen LogP contribution in [0.15, 0.2) is 18.2 Å². The zero-order chi connectivity index (χ0) is 9.56. The van der Waals surface area contributed by atoms with E-state index in [1.165, 1.54) is 5.56 Å². The van der Waals surface area contributed by atoms with Crippen molar-refractivity contribution in [2.24, 2.45) is 0 Å². The van der Waals surface area contributed by atoms with Crippen LogP contribution in [0.4, 0.5) is 0 Å². The first-order chi connectivity index (χ1) is 5.74. The Hall–Kier alpha value is 0.695. The van der Waals surface area contributed by atoms with Gasteiger partial charge in [-0.3, -0.25) is 0 Å². The fourth-order valence-electron chi connectivity index (χ4n) is 0.852. The number of methoxy groups -OCH3 is 1. The van der Waals surface area contributed by atoms with Crippen molar-refractivity contribution in [1.82, 2.24) is 0 Å². The molecule has 0 saturated heterocycles. The molecule has 0 fully saturated rings. The average Bonchev–Trinajstić information content (AvgIpc) is 2.13. The van der Waals surface area contributed by atoms with E-state index < -0.39 is 0 Å². The molecule has 0 atom stereocenters. The SMILES string of the molecule is C.CC.[CH2-]c1ccc(C)cc1OC.[Rb+]. The fraction of sp³-hybridized carbons (Fsp3) is 0.417. The Morgan fingerprint density at radius 1 is 1.21 bits per heavy atom. The van der Waals surface area contributed by atoms with Gasteiger partial charge < -0.3 is 4.74 Å². The van der Waals surface area contributed by atoms with Gasteiger partial charge in [-0.25, -0.2) is 0 Å². The molecule has 0 spiro atoms. The Kier molecular flexibility index (Phi) is 16.9. The summed E-state index contributed by atoms with van der Waals surface area (Å²) in [6.07, 6.45) is 0. The molecular formula is C12H21ORb. The molecule has 0 aliphatic heterocycles. The third-order valence-corrected chi connectivity index (χ3v) is 1.44. The van der Waals surface area contributed by atoms with Crippen LogP contribution in [0.5, 0.6) is 5.75 Å². The van der Waals surface area contributed by atoms with E-state index in [0.717, 1.165) is 11.3 Å². The molecule has 0 N–H and O–H groups in total. The minimum absolute atomic E-state index is 0. The minimum atomic E-state index is 0. The van der Waals surface area contributed by atoms with Gasteiger partial charge in [-0.05, 0) is 6.92 Å². The summed E-state index contributed by atoms with van der Waals surface area (Å²) in [4.78, 5) is 0. The van der Waals surface area contributed by atoms with Crippen LogP contribution in [0.2, 0.25) is 0 Å². The monoisotopic (exact) mass is 266 g/mol. The molecule has 14 heavy (non-hydrogen) atoms. The number of benzene rings is 1. The predicted octanol–water partition coefficient (Wildman–Crippen LogP) is 0.852. The van der Waals surface area contributed by atoms with E-state index in [9.17, 15) is 0 Å². The molecule has 1 aromatic rings. The molecule has 1 nitrogen and oxygen atoms in total. The van der Waals surface area contributed by atoms with Gasteiger partial charge >= 0.3 is 58.2 Å². The van der Waals surface area contributed by atoms with E-state index >= 15 is 0 Å². The van der Waals surface area contributed by atoms with Gasteiger partial charge in [-0.1, -0.05) is 32.9 Å². The van der Waals surface area contributed by atoms with Crippen LogP contribution in [-0.2, 0) is 0 Å². The molecule has 1 aromatic carbocycles. The summed E-state index contributed by atoms with van der Waals surface area (Å²) in [6.45, 7) is 9.84. The minimum Gasteiger partial charge on any atom is -0.554 e. The molecule has 0 aliphatic rings. The van der Waals surface area contributed by atoms with Crippen molar-refractivity contribution >= 4 is 0 Å². The smallest absolute Gasteiger partial charge is 0.554 e. The van der Waals surface area contributed by atoms with Crippen molar-refractivity contribution < 1.29 is 62.9 Å². The third-order valence-electron chi connectivity index (χ3n) is 1.44. The van der Waals surface area contributed by atoms with Crippen molar-refractivity contribution in [3.63, 3.8) is 0 Å². The summed E-state index contributed by atoms with van der Waals surface area (Å²) < 4.78 is 5.06. The summed E-state index contributed by atoms with van der Waals surface area (Å²) in [6, 6.07) is 5.95. The zero-order valence-electron chi connectivity index (χ0n) is 9.35. The summed E-state index contributed by atoms with van der Waals surface area (Å²) in [5, 5.41) is 0. The second-order valence-corrected chi connectivity index (χ2v) is 2.32. The van der Waals surface area contributed by atoms with E-state index in [2.05, 4.69) is 6.92 Å². The Labute approximate surface area is 138 Å². The number of hydrogen-bond donors (Lipinski definition) is 0. The van der Waals surface area contributed by atoms with Gasteiger partial charge in [0.1, 0.15) is 0 Å². The quantitative estimate of drug-likeness (QED) is 0.685. The van der Waals surface area contributed by atoms with Crippen LogP contribution in [0.1, 0.15) is 32.4 Å². The summed E-state index contributed by atoms with van der Waals surface area (Å²) in [7, 11) is 1.66. The molecule has 1 rings (SSSR count). The first-order valence-corrected chi connectivity index (χ1v) is 4.20. The molecule has 0 unspecified atom stereocenters. The number of aryl methyl sites for hydroxylation is 1. The van der Waals surface area contributed by atoms with E-state index in [1.807, 2.05) is 39.0 Å². The number of hydrogen-bond acceptors (Lipinski definition) is 1. The van der Waals surface area contributed by atoms with Crippen LogP contribution < -0.4 is 62.9 Å². The number of ether oxygens (including phenoxy) is 1. The first kappa shape index (κ1) is 20.2. The fourth-order valence-corrected chi connectivity index (χ4v) is 0.852. The molecule has 0 aliphatic carbocycles. The van der Waals surface area contributed by atoms with Crippen molar-refractivity contribution in [2.75, 3.05) is 7.11 Å². The van der Waals surface area contributed by atoms with Crippen LogP contribution in [0.25, 0.3) is 0 Å². The third kappa shape index (κ3) is 7.05. The Bertz CT molecular complexity index is 234. The molecule has 0 amide bonds. The predicted molar refractivity (Wildman–Crippen MR) is 60.3 cm³/mol. The van der Waals surface area contributed by atoms with Gasteiger partial charge in [0.15, 0.2) is 0 Å². The van der Waals surface area contributed by atoms with Crippen LogP contribution in [0, 0.1) is 13.8 Å². The van der Waals surface area contributed by atoms with E-state index in [-0.39, 0.29) is 65.6 Å². The van der Waals surface area contributed by atoms with Gasteiger partial charge in [-0.2, -0.15) is 18.6 Å². The van der Waals surface area contributed by atoms with Gasteiger partial charge in [-0.15, -0.1) is 6.07 Å². The first-order valence-electron chi connectivity index (χ1n) is 4.20. The molecule has 0 radical (unpaired) electrons. The largest absolute Gasteiger partial charge is 1.00 e. The van der Waals surface area contributed by atoms with Crippen LogP contribution in [0.3, 0.4) is 0 Å². The maximum Gasteiger partial charge on any atom is 1.00 e. The van der Waals surface area contributed by atoms with E-state index in [4.69, 9.17) is 4.74 Å². The van der Waals surface area contributed by atoms with Gasteiger partial charge in [0.25, 0.3) is 0 Å². The summed E-state index contributed by atoms with van der Waals surface area (Å²) in [5.74, 6) is 0.861. The molecule has 0 saturated carbocycles. The normalized spacial score (nSPS) is 7.14. The average molecular weight is 267 g/mol. The van der Waals surface area contributed by atoms with Crippen molar-refractivity contribution in [3.05, 3.63) is 36.2 Å². The molecule has 76 valence electrons. The molecule has 0 heterocycles. The van der Waals surface area contributed by atoms with E-state index in [0.29, 0.717) is 0 Å². The maximum atomic E-state index is 5.06. The van der Waals surface area contributed by atoms with Gasteiger partial charge in [0, 0.05) is 5.75 Å². The Balaban J connectivity index is -0.000000284. The molecule has 2 heteroatoms. The number of rotatable bonds is 1. The molecular weight excluding hydrogens is 246 g/mol.